The summed E-state index contributed by atoms with van der Waals surface area (Å²) in [6.07, 6.45) is 4.52. The van der Waals surface area contributed by atoms with E-state index in [2.05, 4.69) is 31.1 Å². The SMILES string of the molecule is CCCNC(C)(CC(C)N(C)CC1CC1)C(=O)OCC. The van der Waals surface area contributed by atoms with Gasteiger partial charge in [-0.2, -0.15) is 0 Å². The lowest BCUT2D eigenvalue weighted by molar-refractivity contribution is -0.151. The maximum Gasteiger partial charge on any atom is 0.326 e. The molecule has 1 aliphatic carbocycles. The third-order valence-electron chi connectivity index (χ3n) is 4.19. The average Bonchev–Trinajstić information content (AvgIpc) is 3.20. The number of hydrogen-bond donors (Lipinski definition) is 1. The van der Waals surface area contributed by atoms with Crippen LogP contribution in [-0.2, 0) is 9.53 Å². The van der Waals surface area contributed by atoms with Gasteiger partial charge in [-0.05, 0) is 66.0 Å². The van der Waals surface area contributed by atoms with Gasteiger partial charge in [-0.25, -0.2) is 0 Å². The Kier molecular flexibility index (Phi) is 6.96. The number of carbonyl (C=O) groups excluding carboxylic acids is 1. The van der Waals surface area contributed by atoms with Crippen LogP contribution in [0.2, 0.25) is 0 Å². The van der Waals surface area contributed by atoms with E-state index in [1.807, 2.05) is 13.8 Å². The summed E-state index contributed by atoms with van der Waals surface area (Å²) in [5.74, 6) is 0.750. The van der Waals surface area contributed by atoms with E-state index in [9.17, 15) is 4.79 Å². The molecule has 2 atom stereocenters. The molecular weight excluding hydrogens is 252 g/mol. The fourth-order valence-corrected chi connectivity index (χ4v) is 2.55. The highest BCUT2D eigenvalue weighted by Gasteiger charge is 2.37. The van der Waals surface area contributed by atoms with Gasteiger partial charge in [0.1, 0.15) is 5.54 Å². The van der Waals surface area contributed by atoms with Gasteiger partial charge < -0.3 is 15.0 Å². The van der Waals surface area contributed by atoms with Gasteiger partial charge in [0.05, 0.1) is 6.61 Å². The molecule has 0 spiro atoms. The van der Waals surface area contributed by atoms with E-state index < -0.39 is 5.54 Å². The number of rotatable bonds is 10. The van der Waals surface area contributed by atoms with E-state index >= 15 is 0 Å². The van der Waals surface area contributed by atoms with Crippen molar-refractivity contribution in [2.75, 3.05) is 26.7 Å². The molecule has 0 bridgehead atoms. The molecule has 0 heterocycles. The minimum Gasteiger partial charge on any atom is -0.465 e. The third kappa shape index (κ3) is 5.41. The molecule has 0 saturated heterocycles. The standard InChI is InChI=1S/C16H32N2O2/c1-6-10-17-16(4,15(19)20-7-2)11-13(3)18(5)12-14-8-9-14/h13-14,17H,6-12H2,1-5H3. The maximum absolute atomic E-state index is 12.3. The highest BCUT2D eigenvalue weighted by molar-refractivity contribution is 5.80. The number of ether oxygens (including phenoxy) is 1. The van der Waals surface area contributed by atoms with Crippen molar-refractivity contribution < 1.29 is 9.53 Å². The minimum absolute atomic E-state index is 0.125. The first kappa shape index (κ1) is 17.4. The van der Waals surface area contributed by atoms with Crippen molar-refractivity contribution >= 4 is 5.97 Å². The second kappa shape index (κ2) is 7.99. The summed E-state index contributed by atoms with van der Waals surface area (Å²) in [5, 5.41) is 3.38. The number of carbonyl (C=O) groups is 1. The summed E-state index contributed by atoms with van der Waals surface area (Å²) >= 11 is 0. The quantitative estimate of drug-likeness (QED) is 0.626. The van der Waals surface area contributed by atoms with Gasteiger partial charge in [0, 0.05) is 12.6 Å². The zero-order valence-corrected chi connectivity index (χ0v) is 13.9. The summed E-state index contributed by atoms with van der Waals surface area (Å²) in [6, 6.07) is 0.370. The van der Waals surface area contributed by atoms with Crippen LogP contribution < -0.4 is 5.32 Å². The van der Waals surface area contributed by atoms with E-state index in [1.54, 1.807) is 0 Å². The fourth-order valence-electron chi connectivity index (χ4n) is 2.55. The zero-order chi connectivity index (χ0) is 15.2. The van der Waals surface area contributed by atoms with Crippen molar-refractivity contribution in [3.05, 3.63) is 0 Å². The topological polar surface area (TPSA) is 41.6 Å². The van der Waals surface area contributed by atoms with Gasteiger partial charge >= 0.3 is 5.97 Å². The first-order valence-corrected chi connectivity index (χ1v) is 8.05. The van der Waals surface area contributed by atoms with Gasteiger partial charge in [-0.1, -0.05) is 6.92 Å². The monoisotopic (exact) mass is 284 g/mol. The van der Waals surface area contributed by atoms with E-state index in [4.69, 9.17) is 4.74 Å². The Bertz CT molecular complexity index is 305. The summed E-state index contributed by atoms with van der Waals surface area (Å²) in [5.41, 5.74) is -0.580. The molecule has 4 nitrogen and oxygen atoms in total. The molecule has 20 heavy (non-hydrogen) atoms. The van der Waals surface area contributed by atoms with E-state index in [-0.39, 0.29) is 5.97 Å². The molecule has 1 saturated carbocycles. The highest BCUT2D eigenvalue weighted by atomic mass is 16.5. The average molecular weight is 284 g/mol. The molecule has 1 N–H and O–H groups in total. The molecule has 0 aromatic carbocycles. The van der Waals surface area contributed by atoms with Gasteiger partial charge in [-0.3, -0.25) is 4.79 Å². The van der Waals surface area contributed by atoms with Crippen molar-refractivity contribution in [2.45, 2.75) is 65.0 Å². The lowest BCUT2D eigenvalue weighted by Crippen LogP contribution is -2.54. The van der Waals surface area contributed by atoms with Gasteiger partial charge in [-0.15, -0.1) is 0 Å². The first-order chi connectivity index (χ1) is 9.42. The maximum atomic E-state index is 12.3. The van der Waals surface area contributed by atoms with Gasteiger partial charge in [0.2, 0.25) is 0 Å². The second-order valence-electron chi connectivity index (χ2n) is 6.42. The smallest absolute Gasteiger partial charge is 0.326 e. The third-order valence-corrected chi connectivity index (χ3v) is 4.19. The van der Waals surface area contributed by atoms with Gasteiger partial charge in [0.25, 0.3) is 0 Å². The van der Waals surface area contributed by atoms with E-state index in [0.717, 1.165) is 31.8 Å². The molecule has 4 heteroatoms. The Hall–Kier alpha value is -0.610. The van der Waals surface area contributed by atoms with Crippen LogP contribution >= 0.6 is 0 Å². The zero-order valence-electron chi connectivity index (χ0n) is 13.9. The van der Waals surface area contributed by atoms with Crippen LogP contribution in [0.4, 0.5) is 0 Å². The lowest BCUT2D eigenvalue weighted by atomic mass is 9.92. The van der Waals surface area contributed by atoms with Crippen molar-refractivity contribution in [1.29, 1.82) is 0 Å². The Labute approximate surface area is 124 Å². The van der Waals surface area contributed by atoms with E-state index in [0.29, 0.717) is 12.6 Å². The first-order valence-electron chi connectivity index (χ1n) is 8.05. The molecular formula is C16H32N2O2. The predicted molar refractivity (Wildman–Crippen MR) is 82.8 cm³/mol. The molecule has 0 aromatic heterocycles. The minimum atomic E-state index is -0.580. The highest BCUT2D eigenvalue weighted by Crippen LogP contribution is 2.30. The van der Waals surface area contributed by atoms with Crippen molar-refractivity contribution in [2.24, 2.45) is 5.92 Å². The number of nitrogens with zero attached hydrogens (tertiary/aromatic N) is 1. The normalized spacial score (nSPS) is 19.7. The van der Waals surface area contributed by atoms with Crippen molar-refractivity contribution in [3.63, 3.8) is 0 Å². The van der Waals surface area contributed by atoms with Crippen molar-refractivity contribution in [3.8, 4) is 0 Å². The summed E-state index contributed by atoms with van der Waals surface area (Å²) in [4.78, 5) is 14.6. The van der Waals surface area contributed by atoms with Crippen LogP contribution in [-0.4, -0.2) is 49.2 Å². The molecule has 118 valence electrons. The molecule has 1 fully saturated rings. The van der Waals surface area contributed by atoms with E-state index in [1.165, 1.54) is 12.8 Å². The number of nitrogens with one attached hydrogen (secondary N) is 1. The Morgan fingerprint density at radius 1 is 1.45 bits per heavy atom. The molecule has 1 rings (SSSR count). The molecule has 0 aromatic rings. The summed E-state index contributed by atoms with van der Waals surface area (Å²) in [6.45, 7) is 10.6. The Balaban J connectivity index is 2.58. The Morgan fingerprint density at radius 3 is 2.60 bits per heavy atom. The molecule has 1 aliphatic rings. The van der Waals surface area contributed by atoms with Crippen molar-refractivity contribution in [1.82, 2.24) is 10.2 Å². The van der Waals surface area contributed by atoms with Crippen LogP contribution in [0.15, 0.2) is 0 Å². The van der Waals surface area contributed by atoms with Gasteiger partial charge in [0.15, 0.2) is 0 Å². The fraction of sp³-hybridized carbons (Fsp3) is 0.938. The predicted octanol–water partition coefficient (Wildman–Crippen LogP) is 2.43. The molecule has 0 amide bonds. The largest absolute Gasteiger partial charge is 0.465 e. The summed E-state index contributed by atoms with van der Waals surface area (Å²) < 4.78 is 5.26. The molecule has 0 aliphatic heterocycles. The number of hydrogen-bond acceptors (Lipinski definition) is 4. The second-order valence-corrected chi connectivity index (χ2v) is 6.42. The molecule has 0 radical (unpaired) electrons. The van der Waals surface area contributed by atoms with Crippen LogP contribution in [0.3, 0.4) is 0 Å². The summed E-state index contributed by atoms with van der Waals surface area (Å²) in [7, 11) is 2.16. The number of esters is 1. The molecule has 2 unspecified atom stereocenters. The van der Waals surface area contributed by atoms with Crippen LogP contribution in [0.25, 0.3) is 0 Å². The van der Waals surface area contributed by atoms with Crippen LogP contribution in [0.5, 0.6) is 0 Å². The lowest BCUT2D eigenvalue weighted by Gasteiger charge is -2.34. The van der Waals surface area contributed by atoms with Crippen LogP contribution in [0, 0.1) is 5.92 Å². The Morgan fingerprint density at radius 2 is 2.10 bits per heavy atom. The van der Waals surface area contributed by atoms with Crippen LogP contribution in [0.1, 0.15) is 53.4 Å².